The van der Waals surface area contributed by atoms with Gasteiger partial charge in [-0.1, -0.05) is 44.2 Å². The molecule has 0 fully saturated rings. The van der Waals surface area contributed by atoms with E-state index in [0.717, 1.165) is 43.5 Å². The van der Waals surface area contributed by atoms with Gasteiger partial charge >= 0.3 is 0 Å². The molecule has 1 aromatic heterocycles. The lowest BCUT2D eigenvalue weighted by atomic mass is 9.91. The summed E-state index contributed by atoms with van der Waals surface area (Å²) in [6, 6.07) is 10.6. The van der Waals surface area contributed by atoms with Gasteiger partial charge in [0.2, 0.25) is 0 Å². The minimum Gasteiger partial charge on any atom is -0.294 e. The number of carbonyl (C=O) groups is 1. The van der Waals surface area contributed by atoms with Crippen LogP contribution in [0.2, 0.25) is 0 Å². The van der Waals surface area contributed by atoms with Crippen molar-refractivity contribution in [3.63, 3.8) is 0 Å². The molecule has 0 atom stereocenters. The van der Waals surface area contributed by atoms with E-state index >= 15 is 0 Å². The standard InChI is InChI=1S/C19H24N2O/c1-14(2)19-18-16(11-6-12-17(18)22)21(20-19)13-7-10-15-8-4-3-5-9-15/h3-5,8-9,14H,6-7,10-13H2,1-2H3. The summed E-state index contributed by atoms with van der Waals surface area (Å²) < 4.78 is 2.10. The molecule has 3 heteroatoms. The van der Waals surface area contributed by atoms with E-state index in [2.05, 4.69) is 42.8 Å². The van der Waals surface area contributed by atoms with E-state index in [4.69, 9.17) is 5.10 Å². The van der Waals surface area contributed by atoms with Gasteiger partial charge < -0.3 is 0 Å². The summed E-state index contributed by atoms with van der Waals surface area (Å²) in [6.07, 6.45) is 4.76. The smallest absolute Gasteiger partial charge is 0.166 e. The highest BCUT2D eigenvalue weighted by atomic mass is 16.1. The summed E-state index contributed by atoms with van der Waals surface area (Å²) in [4.78, 5) is 12.3. The van der Waals surface area contributed by atoms with Crippen LogP contribution in [-0.4, -0.2) is 15.6 Å². The monoisotopic (exact) mass is 296 g/mol. The third-order valence-electron chi connectivity index (χ3n) is 4.41. The Morgan fingerprint density at radius 3 is 2.68 bits per heavy atom. The van der Waals surface area contributed by atoms with E-state index in [1.54, 1.807) is 0 Å². The van der Waals surface area contributed by atoms with Crippen molar-refractivity contribution in [1.29, 1.82) is 0 Å². The Morgan fingerprint density at radius 2 is 1.95 bits per heavy atom. The van der Waals surface area contributed by atoms with Gasteiger partial charge in [0.25, 0.3) is 0 Å². The number of fused-ring (bicyclic) bond motifs is 1. The highest BCUT2D eigenvalue weighted by Gasteiger charge is 2.27. The maximum atomic E-state index is 12.3. The molecule has 1 aliphatic carbocycles. The molecule has 0 saturated carbocycles. The lowest BCUT2D eigenvalue weighted by Gasteiger charge is -2.14. The molecule has 3 nitrogen and oxygen atoms in total. The first kappa shape index (κ1) is 15.0. The van der Waals surface area contributed by atoms with Gasteiger partial charge in [0.15, 0.2) is 5.78 Å². The second-order valence-corrected chi connectivity index (χ2v) is 6.45. The van der Waals surface area contributed by atoms with Crippen molar-refractivity contribution < 1.29 is 4.79 Å². The summed E-state index contributed by atoms with van der Waals surface area (Å²) in [5.74, 6) is 0.602. The summed E-state index contributed by atoms with van der Waals surface area (Å²) in [5.41, 5.74) is 4.47. The minimum atomic E-state index is 0.291. The van der Waals surface area contributed by atoms with Crippen molar-refractivity contribution in [1.82, 2.24) is 9.78 Å². The molecule has 1 aromatic carbocycles. The Morgan fingerprint density at radius 1 is 1.18 bits per heavy atom. The van der Waals surface area contributed by atoms with Gasteiger partial charge in [-0.15, -0.1) is 0 Å². The van der Waals surface area contributed by atoms with Crippen molar-refractivity contribution >= 4 is 5.78 Å². The van der Waals surface area contributed by atoms with Gasteiger partial charge in [-0.25, -0.2) is 0 Å². The average Bonchev–Trinajstić information content (AvgIpc) is 2.89. The molecule has 3 rings (SSSR count). The fourth-order valence-electron chi connectivity index (χ4n) is 3.28. The molecule has 0 amide bonds. The van der Waals surface area contributed by atoms with E-state index < -0.39 is 0 Å². The first-order chi connectivity index (χ1) is 10.7. The van der Waals surface area contributed by atoms with Crippen LogP contribution in [0.25, 0.3) is 0 Å². The zero-order chi connectivity index (χ0) is 15.5. The lowest BCUT2D eigenvalue weighted by molar-refractivity contribution is 0.0970. The number of ketones is 1. The molecule has 0 N–H and O–H groups in total. The predicted octanol–water partition coefficient (Wildman–Crippen LogP) is 4.16. The number of hydrogen-bond donors (Lipinski definition) is 0. The number of nitrogens with zero attached hydrogens (tertiary/aromatic N) is 2. The number of rotatable bonds is 5. The largest absolute Gasteiger partial charge is 0.294 e. The van der Waals surface area contributed by atoms with Crippen molar-refractivity contribution in [2.24, 2.45) is 0 Å². The molecule has 0 radical (unpaired) electrons. The summed E-state index contributed by atoms with van der Waals surface area (Å²) in [6.45, 7) is 5.15. The zero-order valence-corrected chi connectivity index (χ0v) is 13.5. The van der Waals surface area contributed by atoms with Crippen LogP contribution in [0.15, 0.2) is 30.3 Å². The number of aryl methyl sites for hydroxylation is 2. The minimum absolute atomic E-state index is 0.291. The van der Waals surface area contributed by atoms with Crippen LogP contribution in [-0.2, 0) is 19.4 Å². The van der Waals surface area contributed by atoms with Gasteiger partial charge in [0, 0.05) is 18.7 Å². The Labute approximate surface area is 132 Å². The van der Waals surface area contributed by atoms with Crippen LogP contribution in [0.3, 0.4) is 0 Å². The van der Waals surface area contributed by atoms with Gasteiger partial charge in [0.05, 0.1) is 11.3 Å². The van der Waals surface area contributed by atoms with Crippen LogP contribution >= 0.6 is 0 Å². The van der Waals surface area contributed by atoms with Crippen molar-refractivity contribution in [2.75, 3.05) is 0 Å². The Hall–Kier alpha value is -1.90. The Bertz CT molecular complexity index is 656. The number of Topliss-reactive ketones (excluding diaryl/α,β-unsaturated/α-hetero) is 1. The summed E-state index contributed by atoms with van der Waals surface area (Å²) in [7, 11) is 0. The Kier molecular flexibility index (Phi) is 4.41. The van der Waals surface area contributed by atoms with Crippen LogP contribution in [0.1, 0.15) is 66.3 Å². The van der Waals surface area contributed by atoms with Crippen LogP contribution in [0, 0.1) is 0 Å². The van der Waals surface area contributed by atoms with Crippen molar-refractivity contribution in [2.45, 2.75) is 58.4 Å². The number of aromatic nitrogens is 2. The first-order valence-corrected chi connectivity index (χ1v) is 8.33. The van der Waals surface area contributed by atoms with Crippen molar-refractivity contribution in [3.05, 3.63) is 52.8 Å². The van der Waals surface area contributed by atoms with Gasteiger partial charge in [-0.2, -0.15) is 5.10 Å². The molecule has 0 aliphatic heterocycles. The molecule has 1 heterocycles. The number of hydrogen-bond acceptors (Lipinski definition) is 2. The molecule has 1 aliphatic rings. The van der Waals surface area contributed by atoms with Gasteiger partial charge in [0.1, 0.15) is 0 Å². The van der Waals surface area contributed by atoms with Gasteiger partial charge in [-0.05, 0) is 37.2 Å². The molecule has 0 saturated heterocycles. The second kappa shape index (κ2) is 6.47. The number of carbonyl (C=O) groups excluding carboxylic acids is 1. The van der Waals surface area contributed by atoms with E-state index in [1.807, 2.05) is 6.07 Å². The molecule has 0 bridgehead atoms. The third-order valence-corrected chi connectivity index (χ3v) is 4.41. The molecular weight excluding hydrogens is 272 g/mol. The molecule has 0 unspecified atom stereocenters. The van der Waals surface area contributed by atoms with E-state index in [1.165, 1.54) is 11.3 Å². The lowest BCUT2D eigenvalue weighted by Crippen LogP contribution is -2.14. The second-order valence-electron chi connectivity index (χ2n) is 6.45. The normalized spacial score (nSPS) is 14.4. The fraction of sp³-hybridized carbons (Fsp3) is 0.474. The Balaban J connectivity index is 1.76. The third kappa shape index (κ3) is 2.99. The van der Waals surface area contributed by atoms with E-state index in [0.29, 0.717) is 18.1 Å². The van der Waals surface area contributed by atoms with E-state index in [9.17, 15) is 4.79 Å². The summed E-state index contributed by atoms with van der Waals surface area (Å²) >= 11 is 0. The van der Waals surface area contributed by atoms with E-state index in [-0.39, 0.29) is 0 Å². The fourth-order valence-corrected chi connectivity index (χ4v) is 3.28. The molecular formula is C19H24N2O. The molecule has 116 valence electrons. The topological polar surface area (TPSA) is 34.9 Å². The zero-order valence-electron chi connectivity index (χ0n) is 13.5. The maximum Gasteiger partial charge on any atom is 0.166 e. The highest BCUT2D eigenvalue weighted by Crippen LogP contribution is 2.29. The quantitative estimate of drug-likeness (QED) is 0.830. The SMILES string of the molecule is CC(C)c1nn(CCCc2ccccc2)c2c1C(=O)CCC2. The molecule has 22 heavy (non-hydrogen) atoms. The first-order valence-electron chi connectivity index (χ1n) is 8.33. The maximum absolute atomic E-state index is 12.3. The highest BCUT2D eigenvalue weighted by molar-refractivity contribution is 5.99. The van der Waals surface area contributed by atoms with Crippen molar-refractivity contribution in [3.8, 4) is 0 Å². The van der Waals surface area contributed by atoms with Crippen LogP contribution in [0.4, 0.5) is 0 Å². The molecule has 2 aromatic rings. The van der Waals surface area contributed by atoms with Gasteiger partial charge in [-0.3, -0.25) is 9.48 Å². The average molecular weight is 296 g/mol. The van der Waals surface area contributed by atoms with Crippen LogP contribution in [0.5, 0.6) is 0 Å². The van der Waals surface area contributed by atoms with Crippen LogP contribution < -0.4 is 0 Å². The predicted molar refractivity (Wildman–Crippen MR) is 88.3 cm³/mol. The molecule has 0 spiro atoms. The summed E-state index contributed by atoms with van der Waals surface area (Å²) in [5, 5.41) is 4.77. The number of benzene rings is 1.